The molecule has 0 nitrogen and oxygen atoms in total. The van der Waals surface area contributed by atoms with E-state index in [0.717, 1.165) is 12.0 Å². The Hall–Kier alpha value is 0.0600. The van der Waals surface area contributed by atoms with E-state index in [0.29, 0.717) is 0 Å². The van der Waals surface area contributed by atoms with Crippen LogP contribution in [-0.4, -0.2) is 10.8 Å². The summed E-state index contributed by atoms with van der Waals surface area (Å²) in [6.45, 7) is 7.97. The molecule has 0 N–H and O–H groups in total. The minimum absolute atomic E-state index is 0.0382. The first kappa shape index (κ1) is 10.1. The summed E-state index contributed by atoms with van der Waals surface area (Å²) in [6, 6.07) is 0. The van der Waals surface area contributed by atoms with Crippen LogP contribution in [0, 0.1) is 5.41 Å². The number of rotatable bonds is 1. The molecular weight excluding hydrogens is 191 g/mol. The molecule has 0 radical (unpaired) electrons. The predicted octanol–water partition coefficient (Wildman–Crippen LogP) is 3.74. The van der Waals surface area contributed by atoms with Crippen molar-refractivity contribution >= 4 is 23.2 Å². The average Bonchev–Trinajstić information content (AvgIpc) is 1.97. The zero-order valence-electron chi connectivity index (χ0n) is 7.48. The molecule has 1 aliphatic rings. The summed E-state index contributed by atoms with van der Waals surface area (Å²) in [5, 5.41) is 0.168. The van der Waals surface area contributed by atoms with Gasteiger partial charge in [-0.3, -0.25) is 0 Å². The van der Waals surface area contributed by atoms with E-state index in [1.165, 1.54) is 0 Å². The van der Waals surface area contributed by atoms with E-state index in [9.17, 15) is 0 Å². The predicted molar refractivity (Wildman–Crippen MR) is 56.0 cm³/mol. The summed E-state index contributed by atoms with van der Waals surface area (Å²) in [7, 11) is 0. The monoisotopic (exact) mass is 204 g/mol. The minimum Gasteiger partial charge on any atom is -0.122 e. The fourth-order valence-corrected chi connectivity index (χ4v) is 2.08. The normalized spacial score (nSPS) is 34.2. The number of hydrogen-bond donors (Lipinski definition) is 0. The lowest BCUT2D eigenvalue weighted by molar-refractivity contribution is 0.411. The molecule has 1 aliphatic carbocycles. The van der Waals surface area contributed by atoms with Gasteiger partial charge < -0.3 is 0 Å². The van der Waals surface area contributed by atoms with E-state index in [2.05, 4.69) is 26.5 Å². The van der Waals surface area contributed by atoms with Gasteiger partial charge >= 0.3 is 0 Å². The van der Waals surface area contributed by atoms with Crippen LogP contribution < -0.4 is 0 Å². The molecule has 0 amide bonds. The summed E-state index contributed by atoms with van der Waals surface area (Å²) < 4.78 is 0. The van der Waals surface area contributed by atoms with Gasteiger partial charge in [-0.15, -0.1) is 23.2 Å². The summed E-state index contributed by atoms with van der Waals surface area (Å²) in [6.07, 6.45) is 4.77. The molecule has 0 aromatic rings. The van der Waals surface area contributed by atoms with Crippen LogP contribution in [-0.2, 0) is 0 Å². The SMILES string of the molecule is C=CC1=CC(C)(C)[C@@H](Cl)C[C@@H]1Cl. The second-order valence-electron chi connectivity index (χ2n) is 3.84. The number of halogens is 2. The quantitative estimate of drug-likeness (QED) is 0.572. The summed E-state index contributed by atoms with van der Waals surface area (Å²) >= 11 is 12.2. The van der Waals surface area contributed by atoms with Crippen LogP contribution in [0.25, 0.3) is 0 Å². The Kier molecular flexibility index (Phi) is 2.90. The van der Waals surface area contributed by atoms with Crippen LogP contribution in [0.2, 0.25) is 0 Å². The second kappa shape index (κ2) is 3.43. The van der Waals surface area contributed by atoms with Gasteiger partial charge in [0.25, 0.3) is 0 Å². The van der Waals surface area contributed by atoms with E-state index in [1.54, 1.807) is 0 Å². The first-order chi connectivity index (χ1) is 5.47. The molecule has 2 heteroatoms. The van der Waals surface area contributed by atoms with Gasteiger partial charge in [-0.1, -0.05) is 32.6 Å². The van der Waals surface area contributed by atoms with Gasteiger partial charge in [-0.2, -0.15) is 0 Å². The lowest BCUT2D eigenvalue weighted by atomic mass is 9.79. The molecule has 0 aromatic carbocycles. The third kappa shape index (κ3) is 1.86. The molecule has 0 unspecified atom stereocenters. The van der Waals surface area contributed by atoms with Crippen molar-refractivity contribution in [3.63, 3.8) is 0 Å². The maximum Gasteiger partial charge on any atom is 0.0596 e. The molecule has 0 heterocycles. The number of allylic oxidation sites excluding steroid dienone is 3. The molecule has 0 aromatic heterocycles. The molecule has 2 atom stereocenters. The molecule has 0 spiro atoms. The van der Waals surface area contributed by atoms with Crippen molar-refractivity contribution in [3.8, 4) is 0 Å². The number of alkyl halides is 2. The smallest absolute Gasteiger partial charge is 0.0596 e. The highest BCUT2D eigenvalue weighted by Crippen LogP contribution is 2.39. The first-order valence-corrected chi connectivity index (χ1v) is 4.98. The molecule has 0 fully saturated rings. The molecule has 0 bridgehead atoms. The Morgan fingerprint density at radius 2 is 2.17 bits per heavy atom. The van der Waals surface area contributed by atoms with Crippen LogP contribution in [0.15, 0.2) is 24.3 Å². The molecule has 0 saturated carbocycles. The van der Waals surface area contributed by atoms with Gasteiger partial charge in [0.2, 0.25) is 0 Å². The largest absolute Gasteiger partial charge is 0.122 e. The Morgan fingerprint density at radius 3 is 2.67 bits per heavy atom. The third-order valence-corrected chi connectivity index (χ3v) is 3.53. The Labute approximate surface area is 84.2 Å². The van der Waals surface area contributed by atoms with E-state index in [1.807, 2.05) is 6.08 Å². The topological polar surface area (TPSA) is 0 Å². The third-order valence-electron chi connectivity index (χ3n) is 2.36. The van der Waals surface area contributed by atoms with Gasteiger partial charge in [-0.05, 0) is 17.4 Å². The van der Waals surface area contributed by atoms with E-state index >= 15 is 0 Å². The first-order valence-electron chi connectivity index (χ1n) is 4.10. The van der Waals surface area contributed by atoms with Crippen LogP contribution in [0.5, 0.6) is 0 Å². The Balaban J connectivity index is 2.95. The zero-order chi connectivity index (χ0) is 9.35. The molecule has 0 aliphatic heterocycles. The van der Waals surface area contributed by atoms with Crippen molar-refractivity contribution < 1.29 is 0 Å². The molecule has 12 heavy (non-hydrogen) atoms. The van der Waals surface area contributed by atoms with Crippen LogP contribution >= 0.6 is 23.2 Å². The standard InChI is InChI=1S/C10H14Cl2/c1-4-7-6-10(2,3)9(12)5-8(7)11/h4,6,8-9H,1,5H2,2-3H3/t8-,9-/m0/s1. The van der Waals surface area contributed by atoms with E-state index in [4.69, 9.17) is 23.2 Å². The molecule has 1 rings (SSSR count). The highest BCUT2D eigenvalue weighted by atomic mass is 35.5. The van der Waals surface area contributed by atoms with E-state index in [-0.39, 0.29) is 16.2 Å². The Morgan fingerprint density at radius 1 is 1.58 bits per heavy atom. The molecule has 68 valence electrons. The summed E-state index contributed by atoms with van der Waals surface area (Å²) in [5.41, 5.74) is 1.15. The van der Waals surface area contributed by atoms with Crippen molar-refractivity contribution in [1.29, 1.82) is 0 Å². The zero-order valence-corrected chi connectivity index (χ0v) is 8.99. The fraction of sp³-hybridized carbons (Fsp3) is 0.600. The fourth-order valence-electron chi connectivity index (χ4n) is 1.42. The van der Waals surface area contributed by atoms with Crippen molar-refractivity contribution in [2.45, 2.75) is 31.0 Å². The summed E-state index contributed by atoms with van der Waals surface area (Å²) in [5.74, 6) is 0. The molecular formula is C10H14Cl2. The average molecular weight is 205 g/mol. The molecule has 0 saturated heterocycles. The van der Waals surface area contributed by atoms with Gasteiger partial charge in [0.1, 0.15) is 0 Å². The van der Waals surface area contributed by atoms with Crippen molar-refractivity contribution in [3.05, 3.63) is 24.3 Å². The lowest BCUT2D eigenvalue weighted by Crippen LogP contribution is -2.31. The summed E-state index contributed by atoms with van der Waals surface area (Å²) in [4.78, 5) is 0. The van der Waals surface area contributed by atoms with Gasteiger partial charge in [0.05, 0.1) is 5.38 Å². The Bertz CT molecular complexity index is 216. The highest BCUT2D eigenvalue weighted by Gasteiger charge is 2.33. The van der Waals surface area contributed by atoms with Crippen molar-refractivity contribution in [2.75, 3.05) is 0 Å². The lowest BCUT2D eigenvalue weighted by Gasteiger charge is -2.34. The number of hydrogen-bond acceptors (Lipinski definition) is 0. The van der Waals surface area contributed by atoms with E-state index < -0.39 is 0 Å². The van der Waals surface area contributed by atoms with Gasteiger partial charge in [-0.25, -0.2) is 0 Å². The van der Waals surface area contributed by atoms with Gasteiger partial charge in [0.15, 0.2) is 0 Å². The van der Waals surface area contributed by atoms with Crippen LogP contribution in [0.3, 0.4) is 0 Å². The van der Waals surface area contributed by atoms with Gasteiger partial charge in [0, 0.05) is 5.38 Å². The van der Waals surface area contributed by atoms with Crippen molar-refractivity contribution in [1.82, 2.24) is 0 Å². The van der Waals surface area contributed by atoms with Crippen molar-refractivity contribution in [2.24, 2.45) is 5.41 Å². The highest BCUT2D eigenvalue weighted by molar-refractivity contribution is 6.25. The van der Waals surface area contributed by atoms with Crippen LogP contribution in [0.1, 0.15) is 20.3 Å². The minimum atomic E-state index is 0.0382. The maximum atomic E-state index is 6.16. The maximum absolute atomic E-state index is 6.16. The van der Waals surface area contributed by atoms with Crippen LogP contribution in [0.4, 0.5) is 0 Å². The second-order valence-corrected chi connectivity index (χ2v) is 4.89.